The maximum Gasteiger partial charge on any atom is 0.407 e. The molecule has 0 saturated carbocycles. The standard InChI is InChI=1S/C32H36N2O7/c1-31(2,3)41-30(37)33-20-19-32(4,40-24-11-7-6-8-12-24)27-28(35)34(25-13-9-10-14-26(25)39-27)21-22-15-17-23(18-16-22)29(36)38-5/h6-18,27H,19-21H2,1-5H3,(H,33,37). The van der Waals surface area contributed by atoms with Gasteiger partial charge in [0, 0.05) is 13.0 Å². The van der Waals surface area contributed by atoms with Gasteiger partial charge in [0.15, 0.2) is 5.60 Å². The van der Waals surface area contributed by atoms with Crippen LogP contribution < -0.4 is 19.7 Å². The predicted molar refractivity (Wildman–Crippen MR) is 154 cm³/mol. The number of hydrogen-bond donors (Lipinski definition) is 1. The molecule has 4 rings (SSSR count). The lowest BCUT2D eigenvalue weighted by Crippen LogP contribution is -2.60. The van der Waals surface area contributed by atoms with Gasteiger partial charge in [-0.05, 0) is 69.7 Å². The molecule has 216 valence electrons. The van der Waals surface area contributed by atoms with Gasteiger partial charge in [0.25, 0.3) is 5.91 Å². The van der Waals surface area contributed by atoms with Crippen molar-refractivity contribution in [1.29, 1.82) is 0 Å². The fraction of sp³-hybridized carbons (Fsp3) is 0.344. The first-order chi connectivity index (χ1) is 19.5. The first-order valence-electron chi connectivity index (χ1n) is 13.4. The molecule has 9 nitrogen and oxygen atoms in total. The average Bonchev–Trinajstić information content (AvgIpc) is 2.94. The van der Waals surface area contributed by atoms with E-state index in [1.165, 1.54) is 7.11 Å². The van der Waals surface area contributed by atoms with Gasteiger partial charge >= 0.3 is 12.1 Å². The molecule has 2 unspecified atom stereocenters. The van der Waals surface area contributed by atoms with Gasteiger partial charge in [-0.1, -0.05) is 42.5 Å². The highest BCUT2D eigenvalue weighted by Crippen LogP contribution is 2.39. The first-order valence-corrected chi connectivity index (χ1v) is 13.4. The Morgan fingerprint density at radius 1 is 0.927 bits per heavy atom. The minimum absolute atomic E-state index is 0.183. The van der Waals surface area contributed by atoms with Gasteiger partial charge in [-0.3, -0.25) is 4.79 Å². The van der Waals surface area contributed by atoms with E-state index in [9.17, 15) is 14.4 Å². The van der Waals surface area contributed by atoms with Crippen molar-refractivity contribution in [3.8, 4) is 11.5 Å². The summed E-state index contributed by atoms with van der Waals surface area (Å²) in [7, 11) is 1.33. The Labute approximate surface area is 240 Å². The number of ether oxygens (including phenoxy) is 4. The van der Waals surface area contributed by atoms with Crippen LogP contribution >= 0.6 is 0 Å². The van der Waals surface area contributed by atoms with Crippen LogP contribution in [0, 0.1) is 0 Å². The minimum atomic E-state index is -1.17. The molecule has 3 aromatic rings. The lowest BCUT2D eigenvalue weighted by atomic mass is 9.91. The molecule has 1 heterocycles. The second-order valence-electron chi connectivity index (χ2n) is 11.0. The highest BCUT2D eigenvalue weighted by Gasteiger charge is 2.48. The molecule has 3 aromatic carbocycles. The smallest absolute Gasteiger partial charge is 0.407 e. The SMILES string of the molecule is COC(=O)c1ccc(CN2C(=O)C(C(C)(CCNC(=O)OC(C)(C)C)Oc3ccccc3)Oc3ccccc32)cc1. The number of para-hydroxylation sites is 3. The molecule has 2 amide bonds. The van der Waals surface area contributed by atoms with Crippen molar-refractivity contribution in [2.75, 3.05) is 18.6 Å². The number of benzene rings is 3. The second-order valence-corrected chi connectivity index (χ2v) is 11.0. The monoisotopic (exact) mass is 560 g/mol. The van der Waals surface area contributed by atoms with Gasteiger partial charge in [-0.25, -0.2) is 9.59 Å². The van der Waals surface area contributed by atoms with E-state index in [-0.39, 0.29) is 25.4 Å². The number of carbonyl (C=O) groups is 3. The summed E-state index contributed by atoms with van der Waals surface area (Å²) in [4.78, 5) is 40.0. The second kappa shape index (κ2) is 12.3. The van der Waals surface area contributed by atoms with Crippen molar-refractivity contribution < 1.29 is 33.3 Å². The molecule has 1 N–H and O–H groups in total. The van der Waals surface area contributed by atoms with Crippen LogP contribution in [0.5, 0.6) is 11.5 Å². The zero-order valence-corrected chi connectivity index (χ0v) is 24.0. The van der Waals surface area contributed by atoms with Crippen LogP contribution in [0.3, 0.4) is 0 Å². The van der Waals surface area contributed by atoms with Crippen molar-refractivity contribution in [2.24, 2.45) is 0 Å². The Morgan fingerprint density at radius 3 is 2.24 bits per heavy atom. The Kier molecular flexibility index (Phi) is 8.86. The third kappa shape index (κ3) is 7.36. The van der Waals surface area contributed by atoms with Crippen molar-refractivity contribution in [3.63, 3.8) is 0 Å². The summed E-state index contributed by atoms with van der Waals surface area (Å²) in [5, 5.41) is 2.76. The predicted octanol–water partition coefficient (Wildman–Crippen LogP) is 5.52. The molecular weight excluding hydrogens is 524 g/mol. The topological polar surface area (TPSA) is 103 Å². The van der Waals surface area contributed by atoms with Crippen LogP contribution in [0.1, 0.15) is 50.0 Å². The largest absolute Gasteiger partial charge is 0.483 e. The lowest BCUT2D eigenvalue weighted by molar-refractivity contribution is -0.137. The zero-order chi connectivity index (χ0) is 29.6. The highest BCUT2D eigenvalue weighted by molar-refractivity contribution is 6.00. The van der Waals surface area contributed by atoms with E-state index in [0.717, 1.165) is 5.56 Å². The molecule has 0 bridgehead atoms. The van der Waals surface area contributed by atoms with E-state index in [0.29, 0.717) is 22.7 Å². The van der Waals surface area contributed by atoms with Gasteiger partial charge in [0.1, 0.15) is 17.1 Å². The normalized spacial score (nSPS) is 16.1. The summed E-state index contributed by atoms with van der Waals surface area (Å²) in [6, 6.07) is 23.4. The number of anilines is 1. The fourth-order valence-corrected chi connectivity index (χ4v) is 4.53. The number of esters is 1. The van der Waals surface area contributed by atoms with E-state index < -0.39 is 29.4 Å². The maximum absolute atomic E-state index is 14.2. The lowest BCUT2D eigenvalue weighted by Gasteiger charge is -2.43. The number of methoxy groups -OCH3 is 1. The first kappa shape index (κ1) is 29.5. The molecule has 0 aromatic heterocycles. The van der Waals surface area contributed by atoms with Crippen molar-refractivity contribution in [1.82, 2.24) is 5.32 Å². The Balaban J connectivity index is 1.63. The number of nitrogens with one attached hydrogen (secondary N) is 1. The van der Waals surface area contributed by atoms with E-state index in [1.54, 1.807) is 69.0 Å². The zero-order valence-electron chi connectivity index (χ0n) is 24.0. The van der Waals surface area contributed by atoms with E-state index in [1.807, 2.05) is 42.5 Å². The quantitative estimate of drug-likeness (QED) is 0.344. The van der Waals surface area contributed by atoms with Crippen LogP contribution in [0.15, 0.2) is 78.9 Å². The maximum atomic E-state index is 14.2. The Hall–Kier alpha value is -4.53. The molecule has 2 atom stereocenters. The molecule has 0 radical (unpaired) electrons. The summed E-state index contributed by atoms with van der Waals surface area (Å²) in [5.74, 6) is 0.369. The molecular formula is C32H36N2O7. The summed E-state index contributed by atoms with van der Waals surface area (Å²) in [6.07, 6.45) is -1.34. The molecule has 9 heteroatoms. The van der Waals surface area contributed by atoms with Crippen LogP contribution in [-0.4, -0.2) is 48.9 Å². The van der Waals surface area contributed by atoms with Gasteiger partial charge in [-0.2, -0.15) is 0 Å². The van der Waals surface area contributed by atoms with E-state index in [4.69, 9.17) is 18.9 Å². The van der Waals surface area contributed by atoms with Crippen LogP contribution in [0.4, 0.5) is 10.5 Å². The molecule has 0 fully saturated rings. The van der Waals surface area contributed by atoms with Crippen molar-refractivity contribution >= 4 is 23.7 Å². The molecule has 0 aliphatic carbocycles. The number of amides is 2. The van der Waals surface area contributed by atoms with Gasteiger partial charge in [-0.15, -0.1) is 0 Å². The number of hydrogen-bond acceptors (Lipinski definition) is 7. The Bertz CT molecular complexity index is 1370. The van der Waals surface area contributed by atoms with Gasteiger partial charge < -0.3 is 29.2 Å². The van der Waals surface area contributed by atoms with Crippen LogP contribution in [0.2, 0.25) is 0 Å². The van der Waals surface area contributed by atoms with Crippen LogP contribution in [-0.2, 0) is 20.8 Å². The fourth-order valence-electron chi connectivity index (χ4n) is 4.53. The van der Waals surface area contributed by atoms with Gasteiger partial charge in [0.2, 0.25) is 6.10 Å². The van der Waals surface area contributed by atoms with Crippen LogP contribution in [0.25, 0.3) is 0 Å². The van der Waals surface area contributed by atoms with Crippen molar-refractivity contribution in [3.05, 3.63) is 90.0 Å². The van der Waals surface area contributed by atoms with E-state index in [2.05, 4.69) is 5.32 Å². The molecule has 1 aliphatic heterocycles. The highest BCUT2D eigenvalue weighted by atomic mass is 16.6. The molecule has 0 spiro atoms. The summed E-state index contributed by atoms with van der Waals surface area (Å²) < 4.78 is 22.9. The summed E-state index contributed by atoms with van der Waals surface area (Å²) in [5.41, 5.74) is 0.0477. The summed E-state index contributed by atoms with van der Waals surface area (Å²) >= 11 is 0. The number of fused-ring (bicyclic) bond motifs is 1. The third-order valence-electron chi connectivity index (χ3n) is 6.55. The molecule has 0 saturated heterocycles. The average molecular weight is 561 g/mol. The summed E-state index contributed by atoms with van der Waals surface area (Å²) in [6.45, 7) is 7.60. The molecule has 41 heavy (non-hydrogen) atoms. The molecule has 1 aliphatic rings. The number of rotatable bonds is 9. The number of alkyl carbamates (subject to hydrolysis) is 1. The van der Waals surface area contributed by atoms with E-state index >= 15 is 0 Å². The third-order valence-corrected chi connectivity index (χ3v) is 6.55. The number of carbonyl (C=O) groups excluding carboxylic acids is 3. The van der Waals surface area contributed by atoms with Crippen molar-refractivity contribution in [2.45, 2.75) is 58.0 Å². The minimum Gasteiger partial charge on any atom is -0.483 e. The van der Waals surface area contributed by atoms with Gasteiger partial charge in [0.05, 0.1) is 24.9 Å². The Morgan fingerprint density at radius 2 is 1.59 bits per heavy atom. The number of nitrogens with zero attached hydrogens (tertiary/aromatic N) is 1.